The summed E-state index contributed by atoms with van der Waals surface area (Å²) in [5.74, 6) is -0.842. The summed E-state index contributed by atoms with van der Waals surface area (Å²) in [6.07, 6.45) is 1.38. The fraction of sp³-hybridized carbons (Fsp3) is 0.267. The molecule has 0 fully saturated rings. The Kier molecular flexibility index (Phi) is 5.96. The number of nitriles is 1. The summed E-state index contributed by atoms with van der Waals surface area (Å²) in [5.41, 5.74) is 0.490. The number of carbonyl (C=O) groups is 2. The maximum Gasteiger partial charge on any atom is 0.262 e. The highest BCUT2D eigenvalue weighted by Gasteiger charge is 2.11. The van der Waals surface area contributed by atoms with Crippen LogP contribution in [0.15, 0.2) is 29.8 Å². The molecule has 0 saturated carbocycles. The molecule has 1 aromatic rings. The number of hydrogen-bond acceptors (Lipinski definition) is 4. The molecular weight excluding hydrogens is 270 g/mol. The Morgan fingerprint density at radius 3 is 2.48 bits per heavy atom. The number of nitrogens with one attached hydrogen (secondary N) is 2. The lowest BCUT2D eigenvalue weighted by atomic mass is 10.1. The summed E-state index contributed by atoms with van der Waals surface area (Å²) in [5, 5.41) is 23.2. The van der Waals surface area contributed by atoms with Crippen molar-refractivity contribution in [1.82, 2.24) is 10.6 Å². The molecule has 0 atom stereocenters. The molecule has 110 valence electrons. The molecule has 3 N–H and O–H groups in total. The van der Waals surface area contributed by atoms with Crippen molar-refractivity contribution in [3.05, 3.63) is 35.4 Å². The highest BCUT2D eigenvalue weighted by Crippen LogP contribution is 2.12. The number of phenolic OH excluding ortho intramolecular Hbond substituents is 1. The number of rotatable bonds is 5. The van der Waals surface area contributed by atoms with Crippen molar-refractivity contribution in [2.45, 2.75) is 19.9 Å². The van der Waals surface area contributed by atoms with E-state index in [2.05, 4.69) is 10.6 Å². The third-order valence-electron chi connectivity index (χ3n) is 2.43. The minimum atomic E-state index is -0.621. The van der Waals surface area contributed by atoms with Gasteiger partial charge in [-0.1, -0.05) is 12.1 Å². The van der Waals surface area contributed by atoms with E-state index in [4.69, 9.17) is 10.4 Å². The van der Waals surface area contributed by atoms with Crippen LogP contribution in [0.3, 0.4) is 0 Å². The van der Waals surface area contributed by atoms with Crippen LogP contribution in [-0.4, -0.2) is 29.5 Å². The Morgan fingerprint density at radius 1 is 1.33 bits per heavy atom. The van der Waals surface area contributed by atoms with E-state index in [-0.39, 0.29) is 29.8 Å². The van der Waals surface area contributed by atoms with Crippen molar-refractivity contribution in [2.75, 3.05) is 6.54 Å². The smallest absolute Gasteiger partial charge is 0.262 e. The van der Waals surface area contributed by atoms with Gasteiger partial charge in [0.25, 0.3) is 5.91 Å². The Bertz CT molecular complexity index is 583. The lowest BCUT2D eigenvalue weighted by molar-refractivity contribution is -0.124. The zero-order valence-electron chi connectivity index (χ0n) is 11.9. The van der Waals surface area contributed by atoms with Gasteiger partial charge in [-0.2, -0.15) is 5.26 Å². The molecule has 0 aliphatic carbocycles. The first-order valence-electron chi connectivity index (χ1n) is 6.40. The second kappa shape index (κ2) is 7.70. The third kappa shape index (κ3) is 5.78. The number of amides is 2. The molecule has 0 bridgehead atoms. The predicted octanol–water partition coefficient (Wildman–Crippen LogP) is 0.940. The van der Waals surface area contributed by atoms with E-state index < -0.39 is 5.91 Å². The van der Waals surface area contributed by atoms with Crippen molar-refractivity contribution in [1.29, 1.82) is 5.26 Å². The lowest BCUT2D eigenvalue weighted by Gasteiger charge is -2.08. The number of nitrogens with zero attached hydrogens (tertiary/aromatic N) is 1. The highest BCUT2D eigenvalue weighted by atomic mass is 16.3. The molecule has 0 saturated heterocycles. The number of carbonyl (C=O) groups excluding carboxylic acids is 2. The molecule has 1 aromatic carbocycles. The van der Waals surface area contributed by atoms with Crippen LogP contribution in [0.2, 0.25) is 0 Å². The van der Waals surface area contributed by atoms with Gasteiger partial charge in [-0.15, -0.1) is 0 Å². The predicted molar refractivity (Wildman–Crippen MR) is 78.0 cm³/mol. The molecule has 0 spiro atoms. The second-order valence-corrected chi connectivity index (χ2v) is 4.67. The molecule has 6 heteroatoms. The maximum absolute atomic E-state index is 11.8. The van der Waals surface area contributed by atoms with Crippen molar-refractivity contribution in [2.24, 2.45) is 0 Å². The first-order chi connectivity index (χ1) is 9.92. The maximum atomic E-state index is 11.8. The van der Waals surface area contributed by atoms with Crippen LogP contribution >= 0.6 is 0 Å². The van der Waals surface area contributed by atoms with E-state index in [0.29, 0.717) is 5.56 Å². The molecule has 0 aliphatic heterocycles. The van der Waals surface area contributed by atoms with E-state index in [9.17, 15) is 9.59 Å². The van der Waals surface area contributed by atoms with Gasteiger partial charge in [-0.25, -0.2) is 0 Å². The molecule has 6 nitrogen and oxygen atoms in total. The van der Waals surface area contributed by atoms with Gasteiger partial charge < -0.3 is 15.7 Å². The minimum absolute atomic E-state index is 0.0163. The largest absolute Gasteiger partial charge is 0.508 e. The van der Waals surface area contributed by atoms with Crippen LogP contribution in [0.5, 0.6) is 5.75 Å². The number of aromatic hydroxyl groups is 1. The molecule has 2 amide bonds. The fourth-order valence-electron chi connectivity index (χ4n) is 1.51. The van der Waals surface area contributed by atoms with Gasteiger partial charge in [0.1, 0.15) is 17.4 Å². The molecular formula is C15H17N3O3. The molecule has 0 aromatic heterocycles. The molecule has 1 rings (SSSR count). The number of hydrogen-bond donors (Lipinski definition) is 3. The standard InChI is InChI=1S/C15H17N3O3/c1-10(2)18-14(20)9-17-15(21)12(8-16)7-11-3-5-13(19)6-4-11/h3-7,10,19H,9H2,1-2H3,(H,17,21)(H,18,20)/b12-7+. The summed E-state index contributed by atoms with van der Waals surface area (Å²) in [6.45, 7) is 3.43. The van der Waals surface area contributed by atoms with Gasteiger partial charge in [0, 0.05) is 6.04 Å². The quantitative estimate of drug-likeness (QED) is 0.554. The van der Waals surface area contributed by atoms with Gasteiger partial charge >= 0.3 is 0 Å². The molecule has 21 heavy (non-hydrogen) atoms. The minimum Gasteiger partial charge on any atom is -0.508 e. The van der Waals surface area contributed by atoms with Crippen molar-refractivity contribution >= 4 is 17.9 Å². The van der Waals surface area contributed by atoms with Gasteiger partial charge in [0.15, 0.2) is 0 Å². The van der Waals surface area contributed by atoms with Gasteiger partial charge in [0.05, 0.1) is 6.54 Å². The topological polar surface area (TPSA) is 102 Å². The SMILES string of the molecule is CC(C)NC(=O)CNC(=O)/C(C#N)=C/c1ccc(O)cc1. The zero-order chi connectivity index (χ0) is 15.8. The fourth-order valence-corrected chi connectivity index (χ4v) is 1.51. The number of benzene rings is 1. The van der Waals surface area contributed by atoms with E-state index in [1.165, 1.54) is 18.2 Å². The van der Waals surface area contributed by atoms with Crippen LogP contribution in [0.1, 0.15) is 19.4 Å². The lowest BCUT2D eigenvalue weighted by Crippen LogP contribution is -2.40. The van der Waals surface area contributed by atoms with Crippen molar-refractivity contribution < 1.29 is 14.7 Å². The van der Waals surface area contributed by atoms with Crippen molar-refractivity contribution in [3.63, 3.8) is 0 Å². The summed E-state index contributed by atoms with van der Waals surface area (Å²) in [6, 6.07) is 7.82. The normalized spacial score (nSPS) is 10.9. The molecule has 0 aliphatic rings. The van der Waals surface area contributed by atoms with Gasteiger partial charge in [-0.3, -0.25) is 9.59 Å². The highest BCUT2D eigenvalue weighted by molar-refractivity contribution is 6.02. The van der Waals surface area contributed by atoms with Gasteiger partial charge in [-0.05, 0) is 37.6 Å². The van der Waals surface area contributed by atoms with Crippen LogP contribution in [0, 0.1) is 11.3 Å². The van der Waals surface area contributed by atoms with Crippen LogP contribution in [-0.2, 0) is 9.59 Å². The summed E-state index contributed by atoms with van der Waals surface area (Å²) in [4.78, 5) is 23.2. The van der Waals surface area contributed by atoms with Crippen LogP contribution in [0.4, 0.5) is 0 Å². The Hall–Kier alpha value is -2.81. The Balaban J connectivity index is 2.68. The zero-order valence-corrected chi connectivity index (χ0v) is 11.9. The summed E-state index contributed by atoms with van der Waals surface area (Å²) >= 11 is 0. The Labute approximate surface area is 123 Å². The second-order valence-electron chi connectivity index (χ2n) is 4.67. The molecule has 0 unspecified atom stereocenters. The summed E-state index contributed by atoms with van der Waals surface area (Å²) < 4.78 is 0. The van der Waals surface area contributed by atoms with E-state index in [1.807, 2.05) is 13.8 Å². The average molecular weight is 287 g/mol. The third-order valence-corrected chi connectivity index (χ3v) is 2.43. The molecule has 0 heterocycles. The van der Waals surface area contributed by atoms with E-state index >= 15 is 0 Å². The van der Waals surface area contributed by atoms with E-state index in [1.54, 1.807) is 18.2 Å². The van der Waals surface area contributed by atoms with Crippen LogP contribution in [0.25, 0.3) is 6.08 Å². The number of phenols is 1. The van der Waals surface area contributed by atoms with E-state index in [0.717, 1.165) is 0 Å². The van der Waals surface area contributed by atoms with Gasteiger partial charge in [0.2, 0.25) is 5.91 Å². The Morgan fingerprint density at radius 2 is 1.95 bits per heavy atom. The first kappa shape index (κ1) is 16.2. The average Bonchev–Trinajstić information content (AvgIpc) is 2.43. The van der Waals surface area contributed by atoms with Crippen LogP contribution < -0.4 is 10.6 Å². The first-order valence-corrected chi connectivity index (χ1v) is 6.40. The monoisotopic (exact) mass is 287 g/mol. The van der Waals surface area contributed by atoms with Crippen molar-refractivity contribution in [3.8, 4) is 11.8 Å². The summed E-state index contributed by atoms with van der Waals surface area (Å²) in [7, 11) is 0. The molecule has 0 radical (unpaired) electrons.